The zero-order valence-electron chi connectivity index (χ0n) is 20.6. The van der Waals surface area contributed by atoms with Crippen LogP contribution in [0.5, 0.6) is 11.6 Å². The zero-order chi connectivity index (χ0) is 29.9. The summed E-state index contributed by atoms with van der Waals surface area (Å²) in [7, 11) is 0. The Labute approximate surface area is 236 Å². The largest absolute Gasteiger partial charge is 0.438 e. The van der Waals surface area contributed by atoms with Gasteiger partial charge < -0.3 is 15.0 Å². The van der Waals surface area contributed by atoms with Crippen molar-refractivity contribution < 1.29 is 36.3 Å². The Kier molecular flexibility index (Phi) is 12.1. The molecule has 0 unspecified atom stereocenters. The molecule has 2 aromatic carbocycles. The molecule has 0 spiro atoms. The van der Waals surface area contributed by atoms with Crippen molar-refractivity contribution in [2.75, 3.05) is 18.4 Å². The highest BCUT2D eigenvalue weighted by molar-refractivity contribution is 6.53. The summed E-state index contributed by atoms with van der Waals surface area (Å²) >= 11 is 10.8. The molecule has 0 radical (unpaired) electrons. The van der Waals surface area contributed by atoms with E-state index >= 15 is 0 Å². The minimum atomic E-state index is -4.57. The number of hydrogen-bond acceptors (Lipinski definition) is 4. The summed E-state index contributed by atoms with van der Waals surface area (Å²) < 4.78 is 70.5. The number of rotatable bonds is 9. The molecular weight excluding hydrogens is 580 g/mol. The standard InChI is InChI=1S/C19H11F5N2O2.C8H11Cl2NO/c20-12-6-7-16(15(21)10-12)26-17(27)14-5-2-8-25-18(14)28-13-4-1-3-11(9-13)19(22,23)24;1-3-5-11(6-4-2)8(12)7(9)10/h1-10H,(H,26,27);3-4,7H,1-2,5-6H2. The summed E-state index contributed by atoms with van der Waals surface area (Å²) in [6.07, 6.45) is -0.0723. The van der Waals surface area contributed by atoms with Gasteiger partial charge in [-0.15, -0.1) is 13.2 Å². The molecular formula is C27H22Cl2F5N3O3. The minimum absolute atomic E-state index is 0.149. The summed E-state index contributed by atoms with van der Waals surface area (Å²) in [5.74, 6) is -3.42. The van der Waals surface area contributed by atoms with Crippen LogP contribution >= 0.6 is 23.2 Å². The molecule has 3 aromatic rings. The molecule has 40 heavy (non-hydrogen) atoms. The van der Waals surface area contributed by atoms with E-state index in [1.54, 1.807) is 12.2 Å². The number of anilines is 1. The molecule has 0 fully saturated rings. The van der Waals surface area contributed by atoms with Crippen LogP contribution in [-0.2, 0) is 11.0 Å². The second-order valence-electron chi connectivity index (χ2n) is 7.68. The Hall–Kier alpha value is -3.96. The lowest BCUT2D eigenvalue weighted by Gasteiger charge is -2.19. The van der Waals surface area contributed by atoms with Crippen LogP contribution in [0.2, 0.25) is 0 Å². The average molecular weight is 602 g/mol. The molecule has 3 rings (SSSR count). The van der Waals surface area contributed by atoms with Gasteiger partial charge in [-0.1, -0.05) is 41.4 Å². The lowest BCUT2D eigenvalue weighted by atomic mass is 10.2. The van der Waals surface area contributed by atoms with Gasteiger partial charge in [0.25, 0.3) is 11.8 Å². The Bertz CT molecular complexity index is 1340. The maximum Gasteiger partial charge on any atom is 0.416 e. The first kappa shape index (κ1) is 32.3. The van der Waals surface area contributed by atoms with Crippen molar-refractivity contribution >= 4 is 40.7 Å². The number of halogens is 7. The molecule has 0 atom stereocenters. The number of nitrogens with one attached hydrogen (secondary N) is 1. The summed E-state index contributed by atoms with van der Waals surface area (Å²) in [5.41, 5.74) is -1.36. The van der Waals surface area contributed by atoms with Crippen LogP contribution in [0.25, 0.3) is 0 Å². The molecule has 0 aliphatic carbocycles. The van der Waals surface area contributed by atoms with E-state index in [9.17, 15) is 31.5 Å². The number of aromatic nitrogens is 1. The van der Waals surface area contributed by atoms with Crippen LogP contribution in [0.4, 0.5) is 27.6 Å². The molecule has 1 heterocycles. The highest BCUT2D eigenvalue weighted by Gasteiger charge is 2.30. The van der Waals surface area contributed by atoms with E-state index in [4.69, 9.17) is 27.9 Å². The quantitative estimate of drug-likeness (QED) is 0.157. The predicted molar refractivity (Wildman–Crippen MR) is 143 cm³/mol. The smallest absolute Gasteiger partial charge is 0.416 e. The van der Waals surface area contributed by atoms with Gasteiger partial charge in [-0.25, -0.2) is 13.8 Å². The number of nitrogens with zero attached hydrogens (tertiary/aromatic N) is 2. The molecule has 13 heteroatoms. The second kappa shape index (κ2) is 15.0. The predicted octanol–water partition coefficient (Wildman–Crippen LogP) is 7.41. The van der Waals surface area contributed by atoms with Crippen molar-refractivity contribution in [3.8, 4) is 11.6 Å². The van der Waals surface area contributed by atoms with Gasteiger partial charge in [0.05, 0.1) is 11.3 Å². The van der Waals surface area contributed by atoms with Crippen LogP contribution in [-0.4, -0.2) is 39.6 Å². The number of carbonyl (C=O) groups excluding carboxylic acids is 2. The number of ether oxygens (including phenoxy) is 1. The average Bonchev–Trinajstić information content (AvgIpc) is 2.90. The number of alkyl halides is 5. The fourth-order valence-corrected chi connectivity index (χ4v) is 3.25. The van der Waals surface area contributed by atoms with Crippen LogP contribution in [0.1, 0.15) is 15.9 Å². The van der Waals surface area contributed by atoms with Crippen LogP contribution in [0.3, 0.4) is 0 Å². The van der Waals surface area contributed by atoms with Crippen LogP contribution < -0.4 is 10.1 Å². The van der Waals surface area contributed by atoms with E-state index in [-0.39, 0.29) is 28.8 Å². The first-order valence-electron chi connectivity index (χ1n) is 11.2. The van der Waals surface area contributed by atoms with E-state index in [1.807, 2.05) is 0 Å². The van der Waals surface area contributed by atoms with E-state index in [0.717, 1.165) is 30.3 Å². The first-order chi connectivity index (χ1) is 18.9. The lowest BCUT2D eigenvalue weighted by molar-refractivity contribution is -0.137. The molecule has 1 N–H and O–H groups in total. The van der Waals surface area contributed by atoms with E-state index < -0.39 is 34.1 Å². The first-order valence-corrected chi connectivity index (χ1v) is 12.1. The molecule has 0 bridgehead atoms. The van der Waals surface area contributed by atoms with Gasteiger partial charge in [-0.3, -0.25) is 9.59 Å². The van der Waals surface area contributed by atoms with Crippen LogP contribution in [0, 0.1) is 11.6 Å². The number of benzene rings is 2. The number of carbonyl (C=O) groups is 2. The monoisotopic (exact) mass is 601 g/mol. The number of amides is 2. The molecule has 212 valence electrons. The molecule has 0 saturated carbocycles. The van der Waals surface area contributed by atoms with Gasteiger partial charge in [-0.2, -0.15) is 13.2 Å². The van der Waals surface area contributed by atoms with E-state index in [0.29, 0.717) is 19.2 Å². The van der Waals surface area contributed by atoms with Gasteiger partial charge in [-0.05, 0) is 42.5 Å². The Balaban J connectivity index is 0.000000395. The summed E-state index contributed by atoms with van der Waals surface area (Å²) in [6, 6.07) is 9.33. The molecule has 0 aliphatic rings. The molecule has 0 aliphatic heterocycles. The van der Waals surface area contributed by atoms with Gasteiger partial charge in [0.1, 0.15) is 22.9 Å². The topological polar surface area (TPSA) is 71.5 Å². The molecule has 0 saturated heterocycles. The van der Waals surface area contributed by atoms with Crippen molar-refractivity contribution in [3.63, 3.8) is 0 Å². The Morgan fingerprint density at radius 3 is 2.27 bits per heavy atom. The fraction of sp³-hybridized carbons (Fsp3) is 0.148. The second-order valence-corrected chi connectivity index (χ2v) is 8.78. The van der Waals surface area contributed by atoms with Crippen molar-refractivity contribution in [3.05, 3.63) is 109 Å². The maximum atomic E-state index is 13.7. The molecule has 6 nitrogen and oxygen atoms in total. The highest BCUT2D eigenvalue weighted by Crippen LogP contribution is 2.33. The van der Waals surface area contributed by atoms with Gasteiger partial charge >= 0.3 is 6.18 Å². The Morgan fingerprint density at radius 2 is 1.70 bits per heavy atom. The van der Waals surface area contributed by atoms with Gasteiger partial charge in [0, 0.05) is 25.4 Å². The molecule has 2 amide bonds. The van der Waals surface area contributed by atoms with E-state index in [1.165, 1.54) is 29.3 Å². The summed E-state index contributed by atoms with van der Waals surface area (Å²) in [6.45, 7) is 7.88. The summed E-state index contributed by atoms with van der Waals surface area (Å²) in [4.78, 5) is 27.9. The normalized spacial score (nSPS) is 10.7. The van der Waals surface area contributed by atoms with Crippen LogP contribution in [0.15, 0.2) is 86.1 Å². The zero-order valence-corrected chi connectivity index (χ0v) is 22.1. The van der Waals surface area contributed by atoms with Crippen molar-refractivity contribution in [2.45, 2.75) is 11.0 Å². The summed E-state index contributed by atoms with van der Waals surface area (Å²) in [5, 5.41) is 2.23. The van der Waals surface area contributed by atoms with Crippen molar-refractivity contribution in [1.29, 1.82) is 0 Å². The van der Waals surface area contributed by atoms with Gasteiger partial charge in [0.2, 0.25) is 5.88 Å². The van der Waals surface area contributed by atoms with Gasteiger partial charge in [0.15, 0.2) is 4.84 Å². The van der Waals surface area contributed by atoms with Crippen molar-refractivity contribution in [1.82, 2.24) is 9.88 Å². The maximum absolute atomic E-state index is 13.7. The van der Waals surface area contributed by atoms with Crippen molar-refractivity contribution in [2.24, 2.45) is 0 Å². The third kappa shape index (κ3) is 9.65. The fourth-order valence-electron chi connectivity index (χ4n) is 2.98. The molecule has 1 aromatic heterocycles. The third-order valence-corrected chi connectivity index (χ3v) is 5.14. The van der Waals surface area contributed by atoms with E-state index in [2.05, 4.69) is 23.5 Å². The Morgan fingerprint density at radius 1 is 1.02 bits per heavy atom. The number of hydrogen-bond donors (Lipinski definition) is 1. The number of pyridine rings is 1. The third-order valence-electron chi connectivity index (χ3n) is 4.77. The highest BCUT2D eigenvalue weighted by atomic mass is 35.5. The lowest BCUT2D eigenvalue weighted by Crippen LogP contribution is -2.35. The minimum Gasteiger partial charge on any atom is -0.438 e. The SMILES string of the molecule is C=CCN(CC=C)C(=O)C(Cl)Cl.O=C(Nc1ccc(F)cc1F)c1cccnc1Oc1cccc(C(F)(F)F)c1.